The van der Waals surface area contributed by atoms with Gasteiger partial charge in [0.2, 0.25) is 5.91 Å². The van der Waals surface area contributed by atoms with Crippen molar-refractivity contribution in [2.75, 3.05) is 13.1 Å². The fourth-order valence-corrected chi connectivity index (χ4v) is 2.39. The van der Waals surface area contributed by atoms with Gasteiger partial charge in [-0.15, -0.1) is 0 Å². The van der Waals surface area contributed by atoms with Crippen LogP contribution in [-0.2, 0) is 11.3 Å². The maximum absolute atomic E-state index is 12.4. The summed E-state index contributed by atoms with van der Waals surface area (Å²) >= 11 is 5.96. The van der Waals surface area contributed by atoms with Crippen molar-refractivity contribution in [1.29, 1.82) is 0 Å². The minimum atomic E-state index is -0.269. The van der Waals surface area contributed by atoms with Crippen molar-refractivity contribution in [2.45, 2.75) is 26.3 Å². The molecular weight excluding hydrogens is 248 g/mol. The van der Waals surface area contributed by atoms with Crippen molar-refractivity contribution < 1.29 is 4.79 Å². The van der Waals surface area contributed by atoms with Crippen molar-refractivity contribution in [1.82, 2.24) is 4.90 Å². The fraction of sp³-hybridized carbons (Fsp3) is 0.500. The number of hydrogen-bond donors (Lipinski definition) is 1. The average molecular weight is 267 g/mol. The van der Waals surface area contributed by atoms with E-state index < -0.39 is 0 Å². The second-order valence-corrected chi connectivity index (χ2v) is 5.37. The van der Waals surface area contributed by atoms with Crippen molar-refractivity contribution >= 4 is 17.5 Å². The first kappa shape index (κ1) is 13.4. The summed E-state index contributed by atoms with van der Waals surface area (Å²) in [5.41, 5.74) is 6.50. The molecule has 0 saturated heterocycles. The summed E-state index contributed by atoms with van der Waals surface area (Å²) in [5, 5.41) is 0.705. The normalized spacial score (nSPS) is 16.4. The molecule has 0 unspecified atom stereocenters. The molecule has 1 aromatic rings. The van der Waals surface area contributed by atoms with Crippen LogP contribution in [0.2, 0.25) is 5.02 Å². The molecule has 1 saturated carbocycles. The summed E-state index contributed by atoms with van der Waals surface area (Å²) in [7, 11) is 0. The zero-order valence-electron chi connectivity index (χ0n) is 10.7. The number of nitrogens with two attached hydrogens (primary N) is 1. The number of carbonyl (C=O) groups is 1. The predicted octanol–water partition coefficient (Wildman–Crippen LogP) is 2.43. The Morgan fingerprint density at radius 3 is 2.72 bits per heavy atom. The van der Waals surface area contributed by atoms with E-state index in [0.29, 0.717) is 24.7 Å². The van der Waals surface area contributed by atoms with Gasteiger partial charge in [-0.3, -0.25) is 4.79 Å². The minimum Gasteiger partial charge on any atom is -0.338 e. The predicted molar refractivity (Wildman–Crippen MR) is 73.3 cm³/mol. The van der Waals surface area contributed by atoms with E-state index in [-0.39, 0.29) is 11.3 Å². The Balaban J connectivity index is 2.08. The third-order valence-electron chi connectivity index (χ3n) is 3.63. The molecule has 0 radical (unpaired) electrons. The van der Waals surface area contributed by atoms with Gasteiger partial charge in [-0.2, -0.15) is 0 Å². The SMILES string of the molecule is CCN(Cc1cccc(Cl)c1)C(=O)C1(CN)CC1. The van der Waals surface area contributed by atoms with Gasteiger partial charge in [-0.05, 0) is 37.5 Å². The first-order valence-corrected chi connectivity index (χ1v) is 6.73. The van der Waals surface area contributed by atoms with Crippen LogP contribution in [-0.4, -0.2) is 23.9 Å². The zero-order valence-corrected chi connectivity index (χ0v) is 11.4. The highest BCUT2D eigenvalue weighted by atomic mass is 35.5. The zero-order chi connectivity index (χ0) is 13.2. The van der Waals surface area contributed by atoms with E-state index in [9.17, 15) is 4.79 Å². The molecule has 1 aromatic carbocycles. The van der Waals surface area contributed by atoms with Gasteiger partial charge in [0.15, 0.2) is 0 Å². The van der Waals surface area contributed by atoms with E-state index in [2.05, 4.69) is 0 Å². The lowest BCUT2D eigenvalue weighted by atomic mass is 10.1. The molecule has 1 aliphatic carbocycles. The third-order valence-corrected chi connectivity index (χ3v) is 3.86. The monoisotopic (exact) mass is 266 g/mol. The lowest BCUT2D eigenvalue weighted by Gasteiger charge is -2.25. The molecule has 0 aromatic heterocycles. The molecule has 1 aliphatic rings. The molecule has 98 valence electrons. The minimum absolute atomic E-state index is 0.187. The number of nitrogens with zero attached hydrogens (tertiary/aromatic N) is 1. The summed E-state index contributed by atoms with van der Waals surface area (Å²) in [6.45, 7) is 3.76. The lowest BCUT2D eigenvalue weighted by molar-refractivity contribution is -0.137. The average Bonchev–Trinajstić information content (AvgIpc) is 3.16. The van der Waals surface area contributed by atoms with Crippen LogP contribution in [0.4, 0.5) is 0 Å². The fourth-order valence-electron chi connectivity index (χ4n) is 2.17. The van der Waals surface area contributed by atoms with Crippen LogP contribution in [0, 0.1) is 5.41 Å². The molecular formula is C14H19ClN2O. The number of amides is 1. The van der Waals surface area contributed by atoms with E-state index in [1.54, 1.807) is 0 Å². The Morgan fingerprint density at radius 1 is 1.50 bits per heavy atom. The van der Waals surface area contributed by atoms with Gasteiger partial charge < -0.3 is 10.6 Å². The highest BCUT2D eigenvalue weighted by Gasteiger charge is 2.50. The molecule has 2 N–H and O–H groups in total. The molecule has 0 aliphatic heterocycles. The van der Waals surface area contributed by atoms with Crippen molar-refractivity contribution in [3.8, 4) is 0 Å². The van der Waals surface area contributed by atoms with Gasteiger partial charge in [-0.25, -0.2) is 0 Å². The van der Waals surface area contributed by atoms with Gasteiger partial charge >= 0.3 is 0 Å². The summed E-state index contributed by atoms with van der Waals surface area (Å²) in [4.78, 5) is 14.3. The standard InChI is InChI=1S/C14H19ClN2O/c1-2-17(13(18)14(10-16)6-7-14)9-11-4-3-5-12(15)8-11/h3-5,8H,2,6-7,9-10,16H2,1H3. The quantitative estimate of drug-likeness (QED) is 0.890. The number of rotatable bonds is 5. The van der Waals surface area contributed by atoms with Crippen LogP contribution in [0.5, 0.6) is 0 Å². The van der Waals surface area contributed by atoms with Crippen LogP contribution in [0.1, 0.15) is 25.3 Å². The maximum atomic E-state index is 12.4. The van der Waals surface area contributed by atoms with Crippen molar-refractivity contribution in [2.24, 2.45) is 11.1 Å². The molecule has 0 heterocycles. The van der Waals surface area contributed by atoms with Gasteiger partial charge in [0, 0.05) is 24.7 Å². The molecule has 3 nitrogen and oxygen atoms in total. The van der Waals surface area contributed by atoms with E-state index in [0.717, 1.165) is 18.4 Å². The summed E-state index contributed by atoms with van der Waals surface area (Å²) in [6.07, 6.45) is 1.85. The summed E-state index contributed by atoms with van der Waals surface area (Å²) in [5.74, 6) is 0.187. The second kappa shape index (κ2) is 5.29. The molecule has 0 bridgehead atoms. The van der Waals surface area contributed by atoms with E-state index >= 15 is 0 Å². The molecule has 1 fully saturated rings. The van der Waals surface area contributed by atoms with E-state index in [1.807, 2.05) is 36.1 Å². The third kappa shape index (κ3) is 2.68. The molecule has 4 heteroatoms. The number of hydrogen-bond acceptors (Lipinski definition) is 2. The Hall–Kier alpha value is -1.06. The van der Waals surface area contributed by atoms with Crippen LogP contribution >= 0.6 is 11.6 Å². The Kier molecular flexibility index (Phi) is 3.93. The van der Waals surface area contributed by atoms with Gasteiger partial charge in [0.1, 0.15) is 0 Å². The first-order chi connectivity index (χ1) is 8.61. The van der Waals surface area contributed by atoms with Crippen molar-refractivity contribution in [3.63, 3.8) is 0 Å². The van der Waals surface area contributed by atoms with Crippen molar-refractivity contribution in [3.05, 3.63) is 34.9 Å². The van der Waals surface area contributed by atoms with E-state index in [4.69, 9.17) is 17.3 Å². The smallest absolute Gasteiger partial charge is 0.230 e. The largest absolute Gasteiger partial charge is 0.338 e. The van der Waals surface area contributed by atoms with Gasteiger partial charge in [0.25, 0.3) is 0 Å². The Bertz CT molecular complexity index is 443. The number of benzene rings is 1. The summed E-state index contributed by atoms with van der Waals surface area (Å²) < 4.78 is 0. The molecule has 0 spiro atoms. The maximum Gasteiger partial charge on any atom is 0.230 e. The topological polar surface area (TPSA) is 46.3 Å². The first-order valence-electron chi connectivity index (χ1n) is 6.35. The van der Waals surface area contributed by atoms with Crippen LogP contribution in [0.3, 0.4) is 0 Å². The number of halogens is 1. The number of carbonyl (C=O) groups excluding carboxylic acids is 1. The molecule has 0 atom stereocenters. The van der Waals surface area contributed by atoms with Crippen LogP contribution in [0.25, 0.3) is 0 Å². The molecule has 2 rings (SSSR count). The van der Waals surface area contributed by atoms with Crippen LogP contribution < -0.4 is 5.73 Å². The highest BCUT2D eigenvalue weighted by Crippen LogP contribution is 2.46. The van der Waals surface area contributed by atoms with E-state index in [1.165, 1.54) is 0 Å². The van der Waals surface area contributed by atoms with Crippen LogP contribution in [0.15, 0.2) is 24.3 Å². The molecule has 18 heavy (non-hydrogen) atoms. The molecule has 1 amide bonds. The Labute approximate surface area is 113 Å². The Morgan fingerprint density at radius 2 is 2.22 bits per heavy atom. The summed E-state index contributed by atoms with van der Waals surface area (Å²) in [6, 6.07) is 7.64. The van der Waals surface area contributed by atoms with Gasteiger partial charge in [0.05, 0.1) is 5.41 Å². The second-order valence-electron chi connectivity index (χ2n) is 4.93. The van der Waals surface area contributed by atoms with Gasteiger partial charge in [-0.1, -0.05) is 23.7 Å². The lowest BCUT2D eigenvalue weighted by Crippen LogP contribution is -2.40. The highest BCUT2D eigenvalue weighted by molar-refractivity contribution is 6.30.